The lowest BCUT2D eigenvalue weighted by Gasteiger charge is -2.16. The van der Waals surface area contributed by atoms with Crippen molar-refractivity contribution in [1.29, 1.82) is 0 Å². The van der Waals surface area contributed by atoms with Crippen molar-refractivity contribution in [3.05, 3.63) is 58.9 Å². The fourth-order valence-electron chi connectivity index (χ4n) is 2.18. The summed E-state index contributed by atoms with van der Waals surface area (Å²) in [6.45, 7) is 7.45. The van der Waals surface area contributed by atoms with Gasteiger partial charge in [-0.1, -0.05) is 6.07 Å². The van der Waals surface area contributed by atoms with Crippen molar-refractivity contribution in [1.82, 2.24) is 4.72 Å². The quantitative estimate of drug-likeness (QED) is 0.867. The normalized spacial score (nSPS) is 12.9. The maximum absolute atomic E-state index is 13.3. The number of nitrogens with one attached hydrogen (secondary N) is 1. The van der Waals surface area contributed by atoms with Crippen LogP contribution < -0.4 is 9.46 Å². The Morgan fingerprint density at radius 3 is 2.38 bits per heavy atom. The van der Waals surface area contributed by atoms with Crippen LogP contribution in [-0.4, -0.2) is 21.1 Å². The number of aryl methyl sites for hydroxylation is 3. The molecule has 4 nitrogen and oxygen atoms in total. The second-order valence-electron chi connectivity index (χ2n) is 5.99. The maximum Gasteiger partial charge on any atom is 0.240 e. The van der Waals surface area contributed by atoms with Crippen LogP contribution in [0.3, 0.4) is 0 Å². The first-order chi connectivity index (χ1) is 11.2. The predicted molar refractivity (Wildman–Crippen MR) is 92.3 cm³/mol. The molecule has 0 amide bonds. The second-order valence-corrected chi connectivity index (χ2v) is 7.70. The van der Waals surface area contributed by atoms with E-state index in [4.69, 9.17) is 4.74 Å². The Bertz CT molecular complexity index is 834. The van der Waals surface area contributed by atoms with Gasteiger partial charge < -0.3 is 4.74 Å². The third kappa shape index (κ3) is 4.55. The molecule has 0 aliphatic carbocycles. The third-order valence-electron chi connectivity index (χ3n) is 3.77. The Morgan fingerprint density at radius 2 is 1.75 bits per heavy atom. The van der Waals surface area contributed by atoms with Crippen LogP contribution in [0.15, 0.2) is 41.3 Å². The number of sulfonamides is 1. The van der Waals surface area contributed by atoms with Crippen molar-refractivity contribution in [2.75, 3.05) is 6.61 Å². The van der Waals surface area contributed by atoms with E-state index in [9.17, 15) is 12.8 Å². The van der Waals surface area contributed by atoms with Crippen LogP contribution in [0.4, 0.5) is 4.39 Å². The van der Waals surface area contributed by atoms with Gasteiger partial charge >= 0.3 is 0 Å². The Morgan fingerprint density at radius 1 is 1.04 bits per heavy atom. The van der Waals surface area contributed by atoms with Gasteiger partial charge in [0, 0.05) is 0 Å². The Kier molecular flexibility index (Phi) is 5.62. The molecule has 130 valence electrons. The highest BCUT2D eigenvalue weighted by atomic mass is 32.2. The molecule has 2 aromatic rings. The van der Waals surface area contributed by atoms with Gasteiger partial charge in [-0.05, 0) is 74.7 Å². The third-order valence-corrected chi connectivity index (χ3v) is 5.36. The number of hydrogen-bond donors (Lipinski definition) is 1. The predicted octanol–water partition coefficient (Wildman–Crippen LogP) is 3.50. The lowest BCUT2D eigenvalue weighted by Crippen LogP contribution is -2.36. The van der Waals surface area contributed by atoms with Gasteiger partial charge in [-0.15, -0.1) is 0 Å². The maximum atomic E-state index is 13.3. The summed E-state index contributed by atoms with van der Waals surface area (Å²) in [6, 6.07) is 9.02. The minimum atomic E-state index is -3.71. The SMILES string of the molecule is Cc1ccc(OC[C@@H](C)NS(=O)(=O)c2ccc(F)c(C)c2)cc1C. The highest BCUT2D eigenvalue weighted by Crippen LogP contribution is 2.17. The van der Waals surface area contributed by atoms with Gasteiger partial charge in [0.25, 0.3) is 0 Å². The molecule has 0 bridgehead atoms. The molecule has 0 saturated heterocycles. The lowest BCUT2D eigenvalue weighted by atomic mass is 10.1. The molecule has 24 heavy (non-hydrogen) atoms. The summed E-state index contributed by atoms with van der Waals surface area (Å²) in [5, 5.41) is 0. The molecule has 0 radical (unpaired) electrons. The Balaban J connectivity index is 2.01. The smallest absolute Gasteiger partial charge is 0.240 e. The molecular weight excluding hydrogens is 329 g/mol. The van der Waals surface area contributed by atoms with Crippen LogP contribution in [-0.2, 0) is 10.0 Å². The second kappa shape index (κ2) is 7.32. The van der Waals surface area contributed by atoms with Gasteiger partial charge in [-0.2, -0.15) is 0 Å². The molecule has 1 atom stereocenters. The zero-order chi connectivity index (χ0) is 17.9. The average molecular weight is 351 g/mol. The van der Waals surface area contributed by atoms with Crippen LogP contribution in [0.5, 0.6) is 5.75 Å². The first kappa shape index (κ1) is 18.4. The van der Waals surface area contributed by atoms with Crippen LogP contribution in [0.2, 0.25) is 0 Å². The molecule has 0 fully saturated rings. The average Bonchev–Trinajstić information content (AvgIpc) is 2.50. The highest BCUT2D eigenvalue weighted by Gasteiger charge is 2.18. The van der Waals surface area contributed by atoms with Crippen molar-refractivity contribution in [3.63, 3.8) is 0 Å². The first-order valence-electron chi connectivity index (χ1n) is 7.67. The number of benzene rings is 2. The van der Waals surface area contributed by atoms with Crippen molar-refractivity contribution in [2.45, 2.75) is 38.6 Å². The van der Waals surface area contributed by atoms with E-state index in [0.717, 1.165) is 11.6 Å². The number of ether oxygens (including phenoxy) is 1. The van der Waals surface area contributed by atoms with Crippen molar-refractivity contribution in [2.24, 2.45) is 0 Å². The topological polar surface area (TPSA) is 55.4 Å². The molecule has 0 aliphatic rings. The molecule has 0 unspecified atom stereocenters. The molecular formula is C18H22FNO3S. The molecule has 0 aliphatic heterocycles. The van der Waals surface area contributed by atoms with Crippen LogP contribution in [0.1, 0.15) is 23.6 Å². The van der Waals surface area contributed by atoms with E-state index in [-0.39, 0.29) is 17.1 Å². The highest BCUT2D eigenvalue weighted by molar-refractivity contribution is 7.89. The molecule has 0 heterocycles. The van der Waals surface area contributed by atoms with E-state index >= 15 is 0 Å². The molecule has 0 saturated carbocycles. The number of halogens is 1. The van der Waals surface area contributed by atoms with E-state index in [0.29, 0.717) is 5.75 Å². The standard InChI is InChI=1S/C18H22FNO3S/c1-12-5-6-16(9-13(12)2)23-11-15(4)20-24(21,22)17-7-8-18(19)14(3)10-17/h5-10,15,20H,11H2,1-4H3/t15-/m1/s1. The van der Waals surface area contributed by atoms with E-state index in [1.807, 2.05) is 32.0 Å². The zero-order valence-electron chi connectivity index (χ0n) is 14.3. The minimum absolute atomic E-state index is 0.0411. The fourth-order valence-corrected chi connectivity index (χ4v) is 3.49. The zero-order valence-corrected chi connectivity index (χ0v) is 15.1. The largest absolute Gasteiger partial charge is 0.492 e. The summed E-state index contributed by atoms with van der Waals surface area (Å²) in [6.07, 6.45) is 0. The monoisotopic (exact) mass is 351 g/mol. The summed E-state index contributed by atoms with van der Waals surface area (Å²) in [5.74, 6) is 0.266. The van der Waals surface area contributed by atoms with E-state index < -0.39 is 21.9 Å². The molecule has 0 spiro atoms. The number of hydrogen-bond acceptors (Lipinski definition) is 3. The van der Waals surface area contributed by atoms with Crippen LogP contribution in [0.25, 0.3) is 0 Å². The summed E-state index contributed by atoms with van der Waals surface area (Å²) < 4.78 is 46.1. The first-order valence-corrected chi connectivity index (χ1v) is 9.16. The Labute approximate surface area is 142 Å². The van der Waals surface area contributed by atoms with Crippen molar-refractivity contribution < 1.29 is 17.5 Å². The molecule has 2 aromatic carbocycles. The number of rotatable bonds is 6. The van der Waals surface area contributed by atoms with E-state index in [2.05, 4.69) is 4.72 Å². The molecule has 0 aromatic heterocycles. The minimum Gasteiger partial charge on any atom is -0.492 e. The van der Waals surface area contributed by atoms with Crippen LogP contribution >= 0.6 is 0 Å². The molecule has 6 heteroatoms. The summed E-state index contributed by atoms with van der Waals surface area (Å²) in [4.78, 5) is 0.0411. The molecule has 1 N–H and O–H groups in total. The van der Waals surface area contributed by atoms with Gasteiger partial charge in [0.2, 0.25) is 10.0 Å². The fraction of sp³-hybridized carbons (Fsp3) is 0.333. The van der Waals surface area contributed by atoms with Gasteiger partial charge in [-0.3, -0.25) is 0 Å². The van der Waals surface area contributed by atoms with Gasteiger partial charge in [0.1, 0.15) is 18.2 Å². The summed E-state index contributed by atoms with van der Waals surface area (Å²) in [7, 11) is -3.71. The summed E-state index contributed by atoms with van der Waals surface area (Å²) >= 11 is 0. The Hall–Kier alpha value is -1.92. The van der Waals surface area contributed by atoms with Crippen molar-refractivity contribution in [3.8, 4) is 5.75 Å². The summed E-state index contributed by atoms with van der Waals surface area (Å²) in [5.41, 5.74) is 2.57. The van der Waals surface area contributed by atoms with Crippen molar-refractivity contribution >= 4 is 10.0 Å². The van der Waals surface area contributed by atoms with E-state index in [1.54, 1.807) is 6.92 Å². The van der Waals surface area contributed by atoms with Crippen LogP contribution in [0, 0.1) is 26.6 Å². The van der Waals surface area contributed by atoms with Gasteiger partial charge in [-0.25, -0.2) is 17.5 Å². The van der Waals surface area contributed by atoms with Gasteiger partial charge in [0.15, 0.2) is 0 Å². The lowest BCUT2D eigenvalue weighted by molar-refractivity contribution is 0.287. The van der Waals surface area contributed by atoms with E-state index in [1.165, 1.54) is 24.6 Å². The molecule has 2 rings (SSSR count). The van der Waals surface area contributed by atoms with Gasteiger partial charge in [0.05, 0.1) is 10.9 Å².